The molecule has 0 saturated carbocycles. The number of aryl methyl sites for hydroxylation is 1. The Hall–Kier alpha value is -2.77. The van der Waals surface area contributed by atoms with Crippen molar-refractivity contribution in [1.29, 1.82) is 0 Å². The zero-order valence-electron chi connectivity index (χ0n) is 9.49. The number of hydrogen-bond donors (Lipinski definition) is 2. The van der Waals surface area contributed by atoms with Crippen molar-refractivity contribution in [3.63, 3.8) is 0 Å². The maximum Gasteiger partial charge on any atom is 0.270 e. The van der Waals surface area contributed by atoms with E-state index < -0.39 is 4.92 Å². The monoisotopic (exact) mass is 246 g/mol. The number of hydrogen-bond acceptors (Lipinski definition) is 7. The van der Waals surface area contributed by atoms with Gasteiger partial charge in [0.2, 0.25) is 11.9 Å². The molecule has 0 aliphatic rings. The molecule has 8 heteroatoms. The SMILES string of the molecule is Cc1ccc([N+](=O)[O-])cc1-c1nc(N)nc(N)n1. The normalized spacial score (nSPS) is 10.3. The van der Waals surface area contributed by atoms with Gasteiger partial charge in [-0.3, -0.25) is 10.1 Å². The summed E-state index contributed by atoms with van der Waals surface area (Å²) >= 11 is 0. The maximum absolute atomic E-state index is 10.7. The number of anilines is 2. The summed E-state index contributed by atoms with van der Waals surface area (Å²) in [6.45, 7) is 1.79. The smallest absolute Gasteiger partial charge is 0.270 e. The molecule has 2 rings (SSSR count). The molecule has 8 nitrogen and oxygen atoms in total. The van der Waals surface area contributed by atoms with E-state index in [4.69, 9.17) is 11.5 Å². The molecule has 18 heavy (non-hydrogen) atoms. The second-order valence-electron chi connectivity index (χ2n) is 3.63. The lowest BCUT2D eigenvalue weighted by Gasteiger charge is -2.05. The van der Waals surface area contributed by atoms with Crippen molar-refractivity contribution in [1.82, 2.24) is 15.0 Å². The van der Waals surface area contributed by atoms with Crippen molar-refractivity contribution >= 4 is 17.6 Å². The molecule has 0 aliphatic heterocycles. The van der Waals surface area contributed by atoms with Gasteiger partial charge in [0.25, 0.3) is 5.69 Å². The molecule has 0 amide bonds. The molecule has 0 saturated heterocycles. The Kier molecular flexibility index (Phi) is 2.76. The number of nitrogens with two attached hydrogens (primary N) is 2. The Balaban J connectivity index is 2.62. The fourth-order valence-corrected chi connectivity index (χ4v) is 1.49. The van der Waals surface area contributed by atoms with Crippen LogP contribution >= 0.6 is 0 Å². The minimum atomic E-state index is -0.489. The van der Waals surface area contributed by atoms with Gasteiger partial charge in [-0.25, -0.2) is 0 Å². The first-order valence-electron chi connectivity index (χ1n) is 5.00. The van der Waals surface area contributed by atoms with Gasteiger partial charge in [-0.05, 0) is 12.5 Å². The molecule has 0 aliphatic carbocycles. The van der Waals surface area contributed by atoms with Crippen molar-refractivity contribution in [2.75, 3.05) is 11.5 Å². The van der Waals surface area contributed by atoms with Crippen molar-refractivity contribution in [2.45, 2.75) is 6.92 Å². The van der Waals surface area contributed by atoms with E-state index in [9.17, 15) is 10.1 Å². The lowest BCUT2D eigenvalue weighted by Crippen LogP contribution is -2.05. The summed E-state index contributed by atoms with van der Waals surface area (Å²) in [6.07, 6.45) is 0. The van der Waals surface area contributed by atoms with E-state index in [1.807, 2.05) is 0 Å². The van der Waals surface area contributed by atoms with Crippen LogP contribution in [0.3, 0.4) is 0 Å². The first-order chi connectivity index (χ1) is 8.47. The van der Waals surface area contributed by atoms with Crippen LogP contribution < -0.4 is 11.5 Å². The van der Waals surface area contributed by atoms with Crippen LogP contribution in [-0.2, 0) is 0 Å². The summed E-state index contributed by atoms with van der Waals surface area (Å²) in [6, 6.07) is 4.40. The third-order valence-corrected chi connectivity index (χ3v) is 2.34. The molecule has 4 N–H and O–H groups in total. The molecule has 0 spiro atoms. The van der Waals surface area contributed by atoms with Crippen LogP contribution in [0.4, 0.5) is 17.6 Å². The van der Waals surface area contributed by atoms with Crippen LogP contribution in [0.2, 0.25) is 0 Å². The predicted molar refractivity (Wildman–Crippen MR) is 65.5 cm³/mol. The van der Waals surface area contributed by atoms with E-state index in [1.54, 1.807) is 13.0 Å². The predicted octanol–water partition coefficient (Wildman–Crippen LogP) is 0.920. The Labute approximate surface area is 102 Å². The third kappa shape index (κ3) is 2.17. The number of rotatable bonds is 2. The van der Waals surface area contributed by atoms with Crippen LogP contribution in [0.25, 0.3) is 11.4 Å². The van der Waals surface area contributed by atoms with E-state index in [2.05, 4.69) is 15.0 Å². The Bertz CT molecular complexity index is 608. The lowest BCUT2D eigenvalue weighted by molar-refractivity contribution is -0.384. The zero-order valence-corrected chi connectivity index (χ0v) is 9.49. The molecule has 0 bridgehead atoms. The van der Waals surface area contributed by atoms with Crippen molar-refractivity contribution in [3.8, 4) is 11.4 Å². The van der Waals surface area contributed by atoms with E-state index in [0.29, 0.717) is 5.56 Å². The molecule has 0 unspecified atom stereocenters. The summed E-state index contributed by atoms with van der Waals surface area (Å²) < 4.78 is 0. The summed E-state index contributed by atoms with van der Waals surface area (Å²) in [4.78, 5) is 21.7. The van der Waals surface area contributed by atoms with Gasteiger partial charge in [0, 0.05) is 17.7 Å². The highest BCUT2D eigenvalue weighted by Crippen LogP contribution is 2.25. The Morgan fingerprint density at radius 2 is 1.78 bits per heavy atom. The van der Waals surface area contributed by atoms with Gasteiger partial charge in [0.1, 0.15) is 0 Å². The van der Waals surface area contributed by atoms with Crippen molar-refractivity contribution < 1.29 is 4.92 Å². The van der Waals surface area contributed by atoms with E-state index in [1.165, 1.54) is 12.1 Å². The average molecular weight is 246 g/mol. The van der Waals surface area contributed by atoms with E-state index in [-0.39, 0.29) is 23.4 Å². The van der Waals surface area contributed by atoms with Gasteiger partial charge in [0.15, 0.2) is 5.82 Å². The summed E-state index contributed by atoms with van der Waals surface area (Å²) in [5.74, 6) is 0.174. The molecular weight excluding hydrogens is 236 g/mol. The number of non-ortho nitro benzene ring substituents is 1. The standard InChI is InChI=1S/C10H10N6O2/c1-5-2-3-6(16(17)18)4-7(5)8-13-9(11)15-10(12)14-8/h2-4H,1H3,(H4,11,12,13,14,15). The fourth-order valence-electron chi connectivity index (χ4n) is 1.49. The number of nitrogens with zero attached hydrogens (tertiary/aromatic N) is 4. The highest BCUT2D eigenvalue weighted by molar-refractivity contribution is 5.65. The quantitative estimate of drug-likeness (QED) is 0.594. The average Bonchev–Trinajstić information content (AvgIpc) is 2.27. The van der Waals surface area contributed by atoms with Crippen LogP contribution in [0, 0.1) is 17.0 Å². The van der Waals surface area contributed by atoms with Gasteiger partial charge in [-0.15, -0.1) is 0 Å². The molecule has 92 valence electrons. The number of nitro benzene ring substituents is 1. The molecule has 1 aromatic carbocycles. The minimum absolute atomic E-state index is 0.0246. The third-order valence-electron chi connectivity index (χ3n) is 2.34. The molecule has 1 heterocycles. The van der Waals surface area contributed by atoms with Crippen molar-refractivity contribution in [2.24, 2.45) is 0 Å². The molecule has 2 aromatic rings. The molecule has 1 aromatic heterocycles. The van der Waals surface area contributed by atoms with Crippen LogP contribution in [0.15, 0.2) is 18.2 Å². The molecule has 0 atom stereocenters. The first-order valence-corrected chi connectivity index (χ1v) is 5.00. The lowest BCUT2D eigenvalue weighted by atomic mass is 10.1. The van der Waals surface area contributed by atoms with Crippen LogP contribution in [0.5, 0.6) is 0 Å². The van der Waals surface area contributed by atoms with Gasteiger partial charge < -0.3 is 11.5 Å². The van der Waals surface area contributed by atoms with Gasteiger partial charge in [0.05, 0.1) is 4.92 Å². The second-order valence-corrected chi connectivity index (χ2v) is 3.63. The summed E-state index contributed by atoms with van der Waals surface area (Å²) in [7, 11) is 0. The largest absolute Gasteiger partial charge is 0.368 e. The molecular formula is C10H10N6O2. The van der Waals surface area contributed by atoms with E-state index in [0.717, 1.165) is 5.56 Å². The Morgan fingerprint density at radius 1 is 1.17 bits per heavy atom. The fraction of sp³-hybridized carbons (Fsp3) is 0.100. The van der Waals surface area contributed by atoms with Gasteiger partial charge in [-0.1, -0.05) is 6.07 Å². The highest BCUT2D eigenvalue weighted by Gasteiger charge is 2.13. The highest BCUT2D eigenvalue weighted by atomic mass is 16.6. The molecule has 0 radical (unpaired) electrons. The van der Waals surface area contributed by atoms with E-state index >= 15 is 0 Å². The van der Waals surface area contributed by atoms with Crippen LogP contribution in [-0.4, -0.2) is 19.9 Å². The van der Waals surface area contributed by atoms with Crippen molar-refractivity contribution in [3.05, 3.63) is 33.9 Å². The van der Waals surface area contributed by atoms with Crippen LogP contribution in [0.1, 0.15) is 5.56 Å². The number of aromatic nitrogens is 3. The Morgan fingerprint density at radius 3 is 2.33 bits per heavy atom. The first kappa shape index (κ1) is 11.7. The van der Waals surface area contributed by atoms with Gasteiger partial charge in [-0.2, -0.15) is 15.0 Å². The summed E-state index contributed by atoms with van der Waals surface area (Å²) in [5.41, 5.74) is 12.2. The number of nitro groups is 1. The topological polar surface area (TPSA) is 134 Å². The minimum Gasteiger partial charge on any atom is -0.368 e. The summed E-state index contributed by atoms with van der Waals surface area (Å²) in [5, 5.41) is 10.7. The number of benzene rings is 1. The second kappa shape index (κ2) is 4.24. The number of nitrogen functional groups attached to an aromatic ring is 2. The maximum atomic E-state index is 10.7. The van der Waals surface area contributed by atoms with Gasteiger partial charge >= 0.3 is 0 Å². The zero-order chi connectivity index (χ0) is 13.3. The molecule has 0 fully saturated rings.